The van der Waals surface area contributed by atoms with Crippen LogP contribution < -0.4 is 4.90 Å². The first-order valence-electron chi connectivity index (χ1n) is 7.74. The molecule has 6 heteroatoms. The molecule has 23 heavy (non-hydrogen) atoms. The number of anilines is 1. The summed E-state index contributed by atoms with van der Waals surface area (Å²) in [5, 5.41) is 0. The van der Waals surface area contributed by atoms with Crippen LogP contribution in [-0.4, -0.2) is 40.5 Å². The number of rotatable bonds is 3. The lowest BCUT2D eigenvalue weighted by Crippen LogP contribution is -2.51. The highest BCUT2D eigenvalue weighted by Crippen LogP contribution is 2.19. The molecule has 0 aliphatic carbocycles. The van der Waals surface area contributed by atoms with E-state index in [9.17, 15) is 8.78 Å². The number of hydrogen-bond donors (Lipinski definition) is 0. The molecule has 0 radical (unpaired) electrons. The summed E-state index contributed by atoms with van der Waals surface area (Å²) in [4.78, 5) is 12.9. The second kappa shape index (κ2) is 6.58. The number of aryl methyl sites for hydroxylation is 1. The van der Waals surface area contributed by atoms with Crippen LogP contribution in [0.5, 0.6) is 0 Å². The van der Waals surface area contributed by atoms with Gasteiger partial charge in [0.15, 0.2) is 0 Å². The Morgan fingerprint density at radius 2 is 1.83 bits per heavy atom. The van der Waals surface area contributed by atoms with Crippen LogP contribution in [0.3, 0.4) is 0 Å². The summed E-state index contributed by atoms with van der Waals surface area (Å²) in [7, 11) is 0. The molecule has 2 aromatic rings. The topological polar surface area (TPSA) is 32.3 Å². The van der Waals surface area contributed by atoms with E-state index in [2.05, 4.69) is 26.7 Å². The van der Waals surface area contributed by atoms with Gasteiger partial charge < -0.3 is 4.90 Å². The van der Waals surface area contributed by atoms with E-state index in [1.807, 2.05) is 13.0 Å². The average molecular weight is 318 g/mol. The number of benzene rings is 1. The van der Waals surface area contributed by atoms with E-state index in [-0.39, 0.29) is 6.04 Å². The monoisotopic (exact) mass is 318 g/mol. The van der Waals surface area contributed by atoms with Gasteiger partial charge >= 0.3 is 0 Å². The first-order chi connectivity index (χ1) is 11.0. The van der Waals surface area contributed by atoms with Crippen molar-refractivity contribution in [3.05, 3.63) is 53.5 Å². The van der Waals surface area contributed by atoms with E-state index < -0.39 is 11.6 Å². The highest BCUT2D eigenvalue weighted by molar-refractivity contribution is 5.39. The number of aromatic nitrogens is 2. The fourth-order valence-corrected chi connectivity index (χ4v) is 2.99. The van der Waals surface area contributed by atoms with Crippen LogP contribution in [0.25, 0.3) is 0 Å². The largest absolute Gasteiger partial charge is 0.354 e. The van der Waals surface area contributed by atoms with Gasteiger partial charge in [-0.3, -0.25) is 4.90 Å². The van der Waals surface area contributed by atoms with Crippen molar-refractivity contribution < 1.29 is 8.78 Å². The summed E-state index contributed by atoms with van der Waals surface area (Å²) in [6, 6.07) is 5.95. The minimum atomic E-state index is -0.525. The van der Waals surface area contributed by atoms with Crippen LogP contribution in [0.1, 0.15) is 18.2 Å². The average Bonchev–Trinajstić information content (AvgIpc) is 2.48. The van der Waals surface area contributed by atoms with Crippen LogP contribution in [0.2, 0.25) is 0 Å². The SMILES string of the molecule is Cc1cc(N2CCN(Cc3cc(F)cc(F)c3)C(C)C2)ncn1. The van der Waals surface area contributed by atoms with Gasteiger partial charge in [-0.25, -0.2) is 18.7 Å². The minimum Gasteiger partial charge on any atom is -0.354 e. The maximum Gasteiger partial charge on any atom is 0.132 e. The van der Waals surface area contributed by atoms with Crippen LogP contribution in [0, 0.1) is 18.6 Å². The lowest BCUT2D eigenvalue weighted by molar-refractivity contribution is 0.180. The van der Waals surface area contributed by atoms with Crippen molar-refractivity contribution >= 4 is 5.82 Å². The van der Waals surface area contributed by atoms with E-state index in [1.54, 1.807) is 6.33 Å². The van der Waals surface area contributed by atoms with Crippen molar-refractivity contribution in [2.45, 2.75) is 26.4 Å². The van der Waals surface area contributed by atoms with Gasteiger partial charge in [-0.2, -0.15) is 0 Å². The third kappa shape index (κ3) is 3.82. The quantitative estimate of drug-likeness (QED) is 0.871. The summed E-state index contributed by atoms with van der Waals surface area (Å²) < 4.78 is 26.6. The Labute approximate surface area is 134 Å². The lowest BCUT2D eigenvalue weighted by Gasteiger charge is -2.40. The Balaban J connectivity index is 1.67. The van der Waals surface area contributed by atoms with Gasteiger partial charge in [-0.15, -0.1) is 0 Å². The van der Waals surface area contributed by atoms with Gasteiger partial charge in [0.1, 0.15) is 23.8 Å². The van der Waals surface area contributed by atoms with Crippen molar-refractivity contribution in [2.24, 2.45) is 0 Å². The lowest BCUT2D eigenvalue weighted by atomic mass is 10.1. The first kappa shape index (κ1) is 15.8. The van der Waals surface area contributed by atoms with Crippen molar-refractivity contribution in [1.29, 1.82) is 0 Å². The second-order valence-electron chi connectivity index (χ2n) is 6.06. The van der Waals surface area contributed by atoms with E-state index >= 15 is 0 Å². The molecular weight excluding hydrogens is 298 g/mol. The standard InChI is InChI=1S/C17H20F2N4/c1-12-5-17(21-11-20-12)23-4-3-22(13(2)9-23)10-14-6-15(18)8-16(19)7-14/h5-8,11,13H,3-4,9-10H2,1-2H3. The van der Waals surface area contributed by atoms with Crippen molar-refractivity contribution in [3.63, 3.8) is 0 Å². The zero-order valence-corrected chi connectivity index (χ0v) is 13.3. The Kier molecular flexibility index (Phi) is 4.52. The third-order valence-electron chi connectivity index (χ3n) is 4.19. The van der Waals surface area contributed by atoms with E-state index in [4.69, 9.17) is 0 Å². The zero-order chi connectivity index (χ0) is 16.4. The second-order valence-corrected chi connectivity index (χ2v) is 6.06. The molecule has 1 saturated heterocycles. The third-order valence-corrected chi connectivity index (χ3v) is 4.19. The van der Waals surface area contributed by atoms with Gasteiger partial charge in [-0.1, -0.05) is 0 Å². The molecule has 1 aliphatic heterocycles. The predicted octanol–water partition coefficient (Wildman–Crippen LogP) is 2.77. The van der Waals surface area contributed by atoms with Gasteiger partial charge in [-0.05, 0) is 31.5 Å². The molecule has 1 fully saturated rings. The fourth-order valence-electron chi connectivity index (χ4n) is 2.99. The maximum atomic E-state index is 13.3. The number of halogens is 2. The molecule has 1 aromatic heterocycles. The van der Waals surface area contributed by atoms with Crippen molar-refractivity contribution in [1.82, 2.24) is 14.9 Å². The highest BCUT2D eigenvalue weighted by atomic mass is 19.1. The molecule has 1 unspecified atom stereocenters. The molecule has 1 atom stereocenters. The van der Waals surface area contributed by atoms with Crippen LogP contribution in [0.15, 0.2) is 30.6 Å². The Morgan fingerprint density at radius 3 is 2.48 bits per heavy atom. The molecule has 0 amide bonds. The summed E-state index contributed by atoms with van der Waals surface area (Å²) in [6.07, 6.45) is 1.58. The normalized spacial score (nSPS) is 19.1. The van der Waals surface area contributed by atoms with Gasteiger partial charge in [0.2, 0.25) is 0 Å². The van der Waals surface area contributed by atoms with Gasteiger partial charge in [0, 0.05) is 50.0 Å². The number of piperazine rings is 1. The zero-order valence-electron chi connectivity index (χ0n) is 13.3. The molecule has 1 aliphatic rings. The Bertz CT molecular complexity index is 672. The summed E-state index contributed by atoms with van der Waals surface area (Å²) in [5.74, 6) is -0.119. The summed E-state index contributed by atoms with van der Waals surface area (Å²) in [5.41, 5.74) is 1.61. The molecule has 0 saturated carbocycles. The summed E-state index contributed by atoms with van der Waals surface area (Å²) in [6.45, 7) is 7.10. The van der Waals surface area contributed by atoms with Gasteiger partial charge in [0.25, 0.3) is 0 Å². The first-order valence-corrected chi connectivity index (χ1v) is 7.74. The fraction of sp³-hybridized carbons (Fsp3) is 0.412. The maximum absolute atomic E-state index is 13.3. The molecule has 0 spiro atoms. The smallest absolute Gasteiger partial charge is 0.132 e. The Hall–Kier alpha value is -2.08. The number of nitrogens with zero attached hydrogens (tertiary/aromatic N) is 4. The molecule has 1 aromatic carbocycles. The highest BCUT2D eigenvalue weighted by Gasteiger charge is 2.24. The van der Waals surface area contributed by atoms with Crippen LogP contribution in [0.4, 0.5) is 14.6 Å². The molecule has 0 bridgehead atoms. The molecule has 122 valence electrons. The number of hydrogen-bond acceptors (Lipinski definition) is 4. The predicted molar refractivity (Wildman–Crippen MR) is 85.2 cm³/mol. The minimum absolute atomic E-state index is 0.269. The summed E-state index contributed by atoms with van der Waals surface area (Å²) >= 11 is 0. The van der Waals surface area contributed by atoms with E-state index in [0.29, 0.717) is 12.1 Å². The van der Waals surface area contributed by atoms with Gasteiger partial charge in [0.05, 0.1) is 0 Å². The molecule has 2 heterocycles. The van der Waals surface area contributed by atoms with Crippen molar-refractivity contribution in [3.8, 4) is 0 Å². The molecule has 4 nitrogen and oxygen atoms in total. The Morgan fingerprint density at radius 1 is 1.09 bits per heavy atom. The molecule has 3 rings (SSSR count). The van der Waals surface area contributed by atoms with Crippen LogP contribution in [-0.2, 0) is 6.54 Å². The van der Waals surface area contributed by atoms with E-state index in [1.165, 1.54) is 12.1 Å². The molecule has 0 N–H and O–H groups in total. The van der Waals surface area contributed by atoms with Crippen LogP contribution >= 0.6 is 0 Å². The molecular formula is C17H20F2N4. The van der Waals surface area contributed by atoms with Crippen molar-refractivity contribution in [2.75, 3.05) is 24.5 Å². The van der Waals surface area contributed by atoms with E-state index in [0.717, 1.165) is 37.2 Å².